The van der Waals surface area contributed by atoms with Crippen molar-refractivity contribution in [1.29, 1.82) is 0 Å². The van der Waals surface area contributed by atoms with E-state index in [9.17, 15) is 0 Å². The summed E-state index contributed by atoms with van der Waals surface area (Å²) in [6, 6.07) is 2.15. The van der Waals surface area contributed by atoms with Gasteiger partial charge in [0.25, 0.3) is 0 Å². The maximum absolute atomic E-state index is 5.01. The van der Waals surface area contributed by atoms with E-state index >= 15 is 0 Å². The maximum Gasteiger partial charge on any atom is 0.0954 e. The Morgan fingerprint density at radius 2 is 2.30 bits per heavy atom. The van der Waals surface area contributed by atoms with Crippen molar-refractivity contribution in [3.63, 3.8) is 0 Å². The third-order valence-corrected chi connectivity index (χ3v) is 4.23. The Balaban J connectivity index is 1.85. The molecule has 0 radical (unpaired) electrons. The highest BCUT2D eigenvalue weighted by atomic mass is 32.1. The molecule has 2 rings (SSSR count). The fourth-order valence-electron chi connectivity index (χ4n) is 1.95. The van der Waals surface area contributed by atoms with Crippen molar-refractivity contribution in [3.8, 4) is 0 Å². The summed E-state index contributed by atoms with van der Waals surface area (Å²) in [6.07, 6.45) is 4.29. The van der Waals surface area contributed by atoms with Crippen LogP contribution in [0.3, 0.4) is 0 Å². The van der Waals surface area contributed by atoms with Gasteiger partial charge in [0.15, 0.2) is 0 Å². The van der Waals surface area contributed by atoms with E-state index in [-0.39, 0.29) is 0 Å². The first-order valence-electron chi connectivity index (χ1n) is 6.97. The molecule has 0 bridgehead atoms. The lowest BCUT2D eigenvalue weighted by Gasteiger charge is -2.02. The molecule has 20 heavy (non-hydrogen) atoms. The molecular weight excluding hydrogens is 270 g/mol. The fraction of sp³-hybridized carbons (Fsp3) is 0.533. The zero-order valence-corrected chi connectivity index (χ0v) is 13.2. The molecule has 0 saturated carbocycles. The molecular formula is C15H23N3OS. The normalized spacial score (nSPS) is 11.4. The van der Waals surface area contributed by atoms with Crippen LogP contribution in [-0.2, 0) is 17.8 Å². The highest BCUT2D eigenvalue weighted by molar-refractivity contribution is 7.09. The summed E-state index contributed by atoms with van der Waals surface area (Å²) in [5.41, 5.74) is 2.44. The lowest BCUT2D eigenvalue weighted by molar-refractivity contribution is 0.199. The smallest absolute Gasteiger partial charge is 0.0954 e. The van der Waals surface area contributed by atoms with E-state index in [1.807, 2.05) is 0 Å². The molecule has 0 aliphatic carbocycles. The van der Waals surface area contributed by atoms with Crippen LogP contribution >= 0.6 is 11.3 Å². The molecule has 1 N–H and O–H groups in total. The number of hydrogen-bond donors (Lipinski definition) is 1. The Morgan fingerprint density at radius 1 is 1.45 bits per heavy atom. The number of thiazole rings is 1. The zero-order chi connectivity index (χ0) is 14.4. The Bertz CT molecular complexity index is 519. The first kappa shape index (κ1) is 15.2. The largest absolute Gasteiger partial charge is 0.383 e. The van der Waals surface area contributed by atoms with E-state index < -0.39 is 0 Å². The average Bonchev–Trinajstić information content (AvgIpc) is 3.05. The van der Waals surface area contributed by atoms with Gasteiger partial charge in [-0.25, -0.2) is 4.98 Å². The van der Waals surface area contributed by atoms with Crippen molar-refractivity contribution in [2.45, 2.75) is 32.9 Å². The van der Waals surface area contributed by atoms with Crippen LogP contribution in [0.2, 0.25) is 0 Å². The van der Waals surface area contributed by atoms with Gasteiger partial charge in [0.1, 0.15) is 0 Å². The second-order valence-corrected chi connectivity index (χ2v) is 6.08. The average molecular weight is 293 g/mol. The van der Waals surface area contributed by atoms with Crippen LogP contribution < -0.4 is 5.32 Å². The van der Waals surface area contributed by atoms with Gasteiger partial charge in [-0.15, -0.1) is 11.3 Å². The van der Waals surface area contributed by atoms with Crippen LogP contribution in [0.5, 0.6) is 0 Å². The highest BCUT2D eigenvalue weighted by Crippen LogP contribution is 2.19. The summed E-state index contributed by atoms with van der Waals surface area (Å²) in [4.78, 5) is 4.67. The molecule has 0 fully saturated rings. The monoisotopic (exact) mass is 293 g/mol. The van der Waals surface area contributed by atoms with Gasteiger partial charge in [0, 0.05) is 43.9 Å². The molecule has 0 aromatic carbocycles. The van der Waals surface area contributed by atoms with Crippen molar-refractivity contribution in [2.75, 3.05) is 20.3 Å². The number of nitrogens with one attached hydrogen (secondary N) is 1. The Labute approximate surface area is 124 Å². The molecule has 0 aliphatic heterocycles. The van der Waals surface area contributed by atoms with Crippen LogP contribution in [0.1, 0.15) is 36.0 Å². The van der Waals surface area contributed by atoms with E-state index in [0.29, 0.717) is 5.92 Å². The number of hydrogen-bond acceptors (Lipinski definition) is 4. The van der Waals surface area contributed by atoms with Crippen LogP contribution in [0.4, 0.5) is 0 Å². The number of methoxy groups -OCH3 is 1. The SMILES string of the molecule is COCCNCc1ccn(Cc2csc(C(C)C)n2)c1. The van der Waals surface area contributed by atoms with Gasteiger partial charge in [-0.1, -0.05) is 13.8 Å². The minimum absolute atomic E-state index is 0.513. The first-order chi connectivity index (χ1) is 9.69. The predicted octanol–water partition coefficient (Wildman–Crippen LogP) is 2.85. The highest BCUT2D eigenvalue weighted by Gasteiger charge is 2.06. The third kappa shape index (κ3) is 4.44. The molecule has 0 amide bonds. The van der Waals surface area contributed by atoms with Gasteiger partial charge >= 0.3 is 0 Å². The first-order valence-corrected chi connectivity index (χ1v) is 7.85. The van der Waals surface area contributed by atoms with Crippen LogP contribution in [0, 0.1) is 0 Å². The van der Waals surface area contributed by atoms with Crippen LogP contribution in [-0.4, -0.2) is 29.8 Å². The number of aromatic nitrogens is 2. The maximum atomic E-state index is 5.01. The molecule has 0 aliphatic rings. The lowest BCUT2D eigenvalue weighted by Crippen LogP contribution is -2.18. The molecule has 0 spiro atoms. The fourth-order valence-corrected chi connectivity index (χ4v) is 2.77. The Morgan fingerprint density at radius 3 is 3.00 bits per heavy atom. The molecule has 5 heteroatoms. The molecule has 2 aromatic rings. The molecule has 0 atom stereocenters. The van der Waals surface area contributed by atoms with E-state index in [1.54, 1.807) is 18.4 Å². The minimum Gasteiger partial charge on any atom is -0.383 e. The minimum atomic E-state index is 0.513. The zero-order valence-electron chi connectivity index (χ0n) is 12.4. The number of ether oxygens (including phenoxy) is 1. The second kappa shape index (κ2) is 7.57. The standard InChI is InChI=1S/C15H23N3OS/c1-12(2)15-17-14(11-20-15)10-18-6-4-13(9-18)8-16-5-7-19-3/h4,6,9,11-12,16H,5,7-8,10H2,1-3H3. The van der Waals surface area contributed by atoms with Gasteiger partial charge in [0.05, 0.1) is 23.9 Å². The van der Waals surface area contributed by atoms with Crippen molar-refractivity contribution < 1.29 is 4.74 Å². The molecule has 0 saturated heterocycles. The van der Waals surface area contributed by atoms with Gasteiger partial charge < -0.3 is 14.6 Å². The van der Waals surface area contributed by atoms with Crippen molar-refractivity contribution >= 4 is 11.3 Å². The summed E-state index contributed by atoms with van der Waals surface area (Å²) in [7, 11) is 1.72. The Kier molecular flexibility index (Phi) is 5.76. The summed E-state index contributed by atoms with van der Waals surface area (Å²) >= 11 is 1.75. The van der Waals surface area contributed by atoms with Gasteiger partial charge in [-0.3, -0.25) is 0 Å². The van der Waals surface area contributed by atoms with Crippen molar-refractivity contribution in [2.24, 2.45) is 0 Å². The number of rotatable bonds is 8. The topological polar surface area (TPSA) is 39.1 Å². The molecule has 2 heterocycles. The van der Waals surface area contributed by atoms with E-state index in [2.05, 4.69) is 52.6 Å². The summed E-state index contributed by atoms with van der Waals surface area (Å²) in [5, 5.41) is 6.72. The van der Waals surface area contributed by atoms with Crippen molar-refractivity contribution in [3.05, 3.63) is 40.1 Å². The van der Waals surface area contributed by atoms with Gasteiger partial charge in [0.2, 0.25) is 0 Å². The second-order valence-electron chi connectivity index (χ2n) is 5.19. The molecule has 0 unspecified atom stereocenters. The van der Waals surface area contributed by atoms with E-state index in [4.69, 9.17) is 4.74 Å². The van der Waals surface area contributed by atoms with E-state index in [1.165, 1.54) is 10.6 Å². The molecule has 2 aromatic heterocycles. The predicted molar refractivity (Wildman–Crippen MR) is 83.3 cm³/mol. The van der Waals surface area contributed by atoms with Crippen LogP contribution in [0.15, 0.2) is 23.8 Å². The third-order valence-electron chi connectivity index (χ3n) is 3.03. The summed E-state index contributed by atoms with van der Waals surface area (Å²) in [5.74, 6) is 0.513. The summed E-state index contributed by atoms with van der Waals surface area (Å²) in [6.45, 7) is 7.72. The van der Waals surface area contributed by atoms with E-state index in [0.717, 1.165) is 31.9 Å². The Hall–Kier alpha value is -1.17. The summed E-state index contributed by atoms with van der Waals surface area (Å²) < 4.78 is 7.20. The van der Waals surface area contributed by atoms with Gasteiger partial charge in [-0.2, -0.15) is 0 Å². The van der Waals surface area contributed by atoms with Gasteiger partial charge in [-0.05, 0) is 11.6 Å². The lowest BCUT2D eigenvalue weighted by atomic mass is 10.2. The van der Waals surface area contributed by atoms with Crippen molar-refractivity contribution in [1.82, 2.24) is 14.9 Å². The van der Waals surface area contributed by atoms with Crippen LogP contribution in [0.25, 0.3) is 0 Å². The number of nitrogens with zero attached hydrogens (tertiary/aromatic N) is 2. The quantitative estimate of drug-likeness (QED) is 0.761. The molecule has 4 nitrogen and oxygen atoms in total. The molecule has 110 valence electrons.